The van der Waals surface area contributed by atoms with Gasteiger partial charge in [0.05, 0.1) is 10.6 Å². The number of hydrogen-bond acceptors (Lipinski definition) is 2. The fourth-order valence-electron chi connectivity index (χ4n) is 2.76. The maximum absolute atomic E-state index is 12.9. The lowest BCUT2D eigenvalue weighted by Crippen LogP contribution is -2.26. The van der Waals surface area contributed by atoms with E-state index in [1.807, 2.05) is 62.4 Å². The van der Waals surface area contributed by atoms with Gasteiger partial charge in [-0.1, -0.05) is 36.4 Å². The van der Waals surface area contributed by atoms with E-state index in [9.17, 15) is 8.42 Å². The first-order valence-electron chi connectivity index (χ1n) is 7.44. The van der Waals surface area contributed by atoms with Crippen molar-refractivity contribution in [2.75, 3.05) is 11.4 Å². The summed E-state index contributed by atoms with van der Waals surface area (Å²) in [7, 11) is -1.99. The van der Waals surface area contributed by atoms with Crippen LogP contribution < -0.4 is 4.31 Å². The van der Waals surface area contributed by atoms with E-state index in [-0.39, 0.29) is 0 Å². The molecule has 0 unspecified atom stereocenters. The zero-order chi connectivity index (χ0) is 16.6. The molecular weight excluding hydrogens is 306 g/mol. The molecule has 0 aromatic heterocycles. The Balaban J connectivity index is 2.08. The number of hydrogen-bond donors (Lipinski definition) is 0. The van der Waals surface area contributed by atoms with Crippen molar-refractivity contribution < 1.29 is 8.42 Å². The Hall–Kier alpha value is -2.33. The van der Waals surface area contributed by atoms with Crippen LogP contribution in [0.2, 0.25) is 0 Å². The topological polar surface area (TPSA) is 37.4 Å². The number of aryl methyl sites for hydroxylation is 2. The lowest BCUT2D eigenvalue weighted by atomic mass is 10.1. The van der Waals surface area contributed by atoms with E-state index in [4.69, 9.17) is 0 Å². The number of benzene rings is 3. The highest BCUT2D eigenvalue weighted by Crippen LogP contribution is 2.26. The Morgan fingerprint density at radius 2 is 1.39 bits per heavy atom. The molecule has 3 rings (SSSR count). The van der Waals surface area contributed by atoms with Gasteiger partial charge in [0, 0.05) is 7.05 Å². The van der Waals surface area contributed by atoms with Crippen LogP contribution in [0.5, 0.6) is 0 Å². The molecule has 3 aromatic rings. The maximum Gasteiger partial charge on any atom is 0.264 e. The lowest BCUT2D eigenvalue weighted by Gasteiger charge is -2.21. The molecule has 0 aliphatic carbocycles. The Bertz CT molecular complexity index is 957. The van der Waals surface area contributed by atoms with Crippen LogP contribution >= 0.6 is 0 Å². The SMILES string of the molecule is Cc1cc(C)cc(N(C)S(=O)(=O)c2ccc3ccccc3c2)c1. The second-order valence-corrected chi connectivity index (χ2v) is 7.80. The molecule has 23 heavy (non-hydrogen) atoms. The van der Waals surface area contributed by atoms with Gasteiger partial charge in [-0.2, -0.15) is 0 Å². The van der Waals surface area contributed by atoms with Crippen molar-refractivity contribution in [2.45, 2.75) is 18.7 Å². The standard InChI is InChI=1S/C19H19NO2S/c1-14-10-15(2)12-18(11-14)20(3)23(21,22)19-9-8-16-6-4-5-7-17(16)13-19/h4-13H,1-3H3. The molecule has 0 aliphatic rings. The summed E-state index contributed by atoms with van der Waals surface area (Å²) in [4.78, 5) is 0.304. The van der Waals surface area contributed by atoms with Crippen LogP contribution in [-0.2, 0) is 10.0 Å². The van der Waals surface area contributed by atoms with E-state index in [1.54, 1.807) is 19.2 Å². The molecule has 0 spiro atoms. The fraction of sp³-hybridized carbons (Fsp3) is 0.158. The summed E-state index contributed by atoms with van der Waals surface area (Å²) in [5, 5.41) is 1.95. The molecule has 0 aliphatic heterocycles. The van der Waals surface area contributed by atoms with Gasteiger partial charge in [0.2, 0.25) is 0 Å². The second kappa shape index (κ2) is 5.70. The van der Waals surface area contributed by atoms with Gasteiger partial charge in [0.25, 0.3) is 10.0 Å². The second-order valence-electron chi connectivity index (χ2n) is 5.83. The molecule has 3 nitrogen and oxygen atoms in total. The van der Waals surface area contributed by atoms with Crippen molar-refractivity contribution in [2.24, 2.45) is 0 Å². The minimum Gasteiger partial charge on any atom is -0.269 e. The molecule has 118 valence electrons. The molecule has 0 N–H and O–H groups in total. The summed E-state index contributed by atoms with van der Waals surface area (Å²) >= 11 is 0. The number of nitrogens with zero attached hydrogens (tertiary/aromatic N) is 1. The third-order valence-corrected chi connectivity index (χ3v) is 5.73. The molecular formula is C19H19NO2S. The van der Waals surface area contributed by atoms with Crippen LogP contribution in [0, 0.1) is 13.8 Å². The Labute approximate surface area is 137 Å². The molecule has 0 amide bonds. The lowest BCUT2D eigenvalue weighted by molar-refractivity contribution is 0.594. The zero-order valence-electron chi connectivity index (χ0n) is 13.4. The monoisotopic (exact) mass is 325 g/mol. The summed E-state index contributed by atoms with van der Waals surface area (Å²) in [6.45, 7) is 3.93. The van der Waals surface area contributed by atoms with Crippen molar-refractivity contribution in [3.8, 4) is 0 Å². The molecule has 3 aromatic carbocycles. The van der Waals surface area contributed by atoms with E-state index in [1.165, 1.54) is 4.31 Å². The summed E-state index contributed by atoms with van der Waals surface area (Å²) in [6, 6.07) is 18.8. The van der Waals surface area contributed by atoms with E-state index < -0.39 is 10.0 Å². The molecule has 0 bridgehead atoms. The van der Waals surface area contributed by atoms with Crippen LogP contribution in [0.15, 0.2) is 65.6 Å². The number of anilines is 1. The predicted molar refractivity (Wildman–Crippen MR) is 95.5 cm³/mol. The smallest absolute Gasteiger partial charge is 0.264 e. The highest BCUT2D eigenvalue weighted by atomic mass is 32.2. The summed E-state index contributed by atoms with van der Waals surface area (Å²) in [6.07, 6.45) is 0. The first-order valence-corrected chi connectivity index (χ1v) is 8.88. The highest BCUT2D eigenvalue weighted by molar-refractivity contribution is 7.92. The summed E-state index contributed by atoms with van der Waals surface area (Å²) in [5.41, 5.74) is 2.76. The minimum atomic E-state index is -3.58. The number of rotatable bonds is 3. The Kier molecular flexibility index (Phi) is 3.86. The van der Waals surface area contributed by atoms with Crippen molar-refractivity contribution >= 4 is 26.5 Å². The fourth-order valence-corrected chi connectivity index (χ4v) is 3.97. The van der Waals surface area contributed by atoms with Gasteiger partial charge in [-0.05, 0) is 60.0 Å². The average molecular weight is 325 g/mol. The van der Waals surface area contributed by atoms with Crippen LogP contribution in [0.25, 0.3) is 10.8 Å². The van der Waals surface area contributed by atoms with Gasteiger partial charge in [-0.3, -0.25) is 4.31 Å². The van der Waals surface area contributed by atoms with E-state index in [0.29, 0.717) is 10.6 Å². The zero-order valence-corrected chi connectivity index (χ0v) is 14.3. The van der Waals surface area contributed by atoms with Crippen LogP contribution in [0.1, 0.15) is 11.1 Å². The molecule has 0 saturated heterocycles. The Morgan fingerprint density at radius 3 is 2.04 bits per heavy atom. The third-order valence-electron chi connectivity index (χ3n) is 3.95. The maximum atomic E-state index is 12.9. The predicted octanol–water partition coefficient (Wildman–Crippen LogP) is 4.28. The van der Waals surface area contributed by atoms with Crippen molar-refractivity contribution in [1.29, 1.82) is 0 Å². The number of fused-ring (bicyclic) bond motifs is 1. The van der Waals surface area contributed by atoms with E-state index in [0.717, 1.165) is 21.9 Å². The van der Waals surface area contributed by atoms with Gasteiger partial charge in [-0.25, -0.2) is 8.42 Å². The van der Waals surface area contributed by atoms with E-state index >= 15 is 0 Å². The normalized spacial score (nSPS) is 11.6. The van der Waals surface area contributed by atoms with Gasteiger partial charge in [0.15, 0.2) is 0 Å². The molecule has 0 fully saturated rings. The minimum absolute atomic E-state index is 0.304. The van der Waals surface area contributed by atoms with Crippen LogP contribution in [-0.4, -0.2) is 15.5 Å². The number of sulfonamides is 1. The highest BCUT2D eigenvalue weighted by Gasteiger charge is 2.21. The molecule has 0 heterocycles. The van der Waals surface area contributed by atoms with Crippen LogP contribution in [0.3, 0.4) is 0 Å². The quantitative estimate of drug-likeness (QED) is 0.721. The molecule has 4 heteroatoms. The van der Waals surface area contributed by atoms with Gasteiger partial charge >= 0.3 is 0 Å². The van der Waals surface area contributed by atoms with Crippen molar-refractivity contribution in [3.05, 3.63) is 71.8 Å². The third kappa shape index (κ3) is 2.94. The Morgan fingerprint density at radius 1 is 0.783 bits per heavy atom. The van der Waals surface area contributed by atoms with Gasteiger partial charge in [-0.15, -0.1) is 0 Å². The largest absolute Gasteiger partial charge is 0.269 e. The summed E-state index contributed by atoms with van der Waals surface area (Å²) < 4.78 is 27.2. The molecule has 0 saturated carbocycles. The van der Waals surface area contributed by atoms with Crippen molar-refractivity contribution in [1.82, 2.24) is 0 Å². The van der Waals surface area contributed by atoms with Gasteiger partial charge < -0.3 is 0 Å². The first-order chi connectivity index (χ1) is 10.9. The van der Waals surface area contributed by atoms with Gasteiger partial charge in [0.1, 0.15) is 0 Å². The molecule has 0 atom stereocenters. The summed E-state index contributed by atoms with van der Waals surface area (Å²) in [5.74, 6) is 0. The molecule has 0 radical (unpaired) electrons. The first kappa shape index (κ1) is 15.6. The van der Waals surface area contributed by atoms with E-state index in [2.05, 4.69) is 0 Å². The van der Waals surface area contributed by atoms with Crippen LogP contribution in [0.4, 0.5) is 5.69 Å². The average Bonchev–Trinajstić information content (AvgIpc) is 2.52. The van der Waals surface area contributed by atoms with Crippen molar-refractivity contribution in [3.63, 3.8) is 0 Å².